The Morgan fingerprint density at radius 3 is 2.67 bits per heavy atom. The van der Waals surface area contributed by atoms with Crippen LogP contribution >= 0.6 is 12.6 Å². The minimum Gasteiger partial charge on any atom is -0.463 e. The van der Waals surface area contributed by atoms with Crippen molar-refractivity contribution in [1.29, 1.82) is 0 Å². The lowest BCUT2D eigenvalue weighted by Gasteiger charge is -2.09. The van der Waals surface area contributed by atoms with Crippen molar-refractivity contribution >= 4 is 18.6 Å². The average molecular weight is 189 g/mol. The Hall–Kier alpha value is -0.180. The summed E-state index contributed by atoms with van der Waals surface area (Å²) >= 11 is 4.76. The molecule has 0 saturated carbocycles. The monoisotopic (exact) mass is 189 g/mol. The normalized spacial score (nSPS) is 12.6. The summed E-state index contributed by atoms with van der Waals surface area (Å²) in [4.78, 5) is 11.0. The van der Waals surface area contributed by atoms with E-state index in [4.69, 9.17) is 17.4 Å². The highest BCUT2D eigenvalue weighted by Crippen LogP contribution is 2.03. The molecule has 0 fully saturated rings. The van der Waals surface area contributed by atoms with Crippen LogP contribution in [0.1, 0.15) is 39.5 Å². The molecule has 0 aliphatic rings. The van der Waals surface area contributed by atoms with Gasteiger partial charge in [0.05, 0.1) is 6.10 Å². The van der Waals surface area contributed by atoms with Gasteiger partial charge >= 0.3 is 5.97 Å². The van der Waals surface area contributed by atoms with Crippen molar-refractivity contribution in [2.24, 2.45) is 0 Å². The summed E-state index contributed by atoms with van der Waals surface area (Å²) in [6, 6.07) is 0. The molecule has 0 N–H and O–H groups in total. The lowest BCUT2D eigenvalue weighted by atomic mass is 10.2. The van der Waals surface area contributed by atoms with Gasteiger partial charge in [0.2, 0.25) is 0 Å². The van der Waals surface area contributed by atoms with Gasteiger partial charge in [-0.25, -0.2) is 0 Å². The zero-order valence-corrected chi connectivity index (χ0v) is 8.65. The van der Waals surface area contributed by atoms with E-state index in [2.05, 4.69) is 0 Å². The second-order valence-corrected chi connectivity index (χ2v) is 3.28. The first-order valence-electron chi connectivity index (χ1n) is 4.48. The van der Waals surface area contributed by atoms with Crippen molar-refractivity contribution in [1.82, 2.24) is 0 Å². The topological polar surface area (TPSA) is 26.3 Å². The number of carbonyl (C=O) groups excluding carboxylic acids is 1. The van der Waals surface area contributed by atoms with E-state index in [0.29, 0.717) is 6.42 Å². The Morgan fingerprint density at radius 2 is 2.17 bits per heavy atom. The fourth-order valence-electron chi connectivity index (χ4n) is 0.738. The van der Waals surface area contributed by atoms with Gasteiger partial charge in [-0.1, -0.05) is 19.6 Å². The Balaban J connectivity index is 3.33. The van der Waals surface area contributed by atoms with Gasteiger partial charge in [-0.05, 0) is 26.2 Å². The number of esters is 1. The maximum Gasteiger partial charge on any atom is 0.306 e. The summed E-state index contributed by atoms with van der Waals surface area (Å²) in [5.41, 5.74) is 0. The number of hydrogen-bond donors (Lipinski definition) is 0. The van der Waals surface area contributed by atoms with E-state index in [1.807, 2.05) is 13.8 Å². The first kappa shape index (κ1) is 11.8. The summed E-state index contributed by atoms with van der Waals surface area (Å²) in [6.45, 7) is 3.91. The molecular formula is C9H17O2S. The Morgan fingerprint density at radius 1 is 1.50 bits per heavy atom. The molecule has 0 heterocycles. The van der Waals surface area contributed by atoms with Crippen LogP contribution in [-0.4, -0.2) is 17.8 Å². The third-order valence-corrected chi connectivity index (χ3v) is 1.97. The quantitative estimate of drug-likeness (QED) is 0.474. The summed E-state index contributed by atoms with van der Waals surface area (Å²) in [5.74, 6) is 0.643. The molecule has 12 heavy (non-hydrogen) atoms. The molecule has 0 rings (SSSR count). The van der Waals surface area contributed by atoms with Crippen molar-refractivity contribution in [3.63, 3.8) is 0 Å². The van der Waals surface area contributed by atoms with Crippen LogP contribution in [0, 0.1) is 0 Å². The van der Waals surface area contributed by atoms with Gasteiger partial charge in [-0.2, -0.15) is 0 Å². The van der Waals surface area contributed by atoms with Crippen LogP contribution in [0.5, 0.6) is 0 Å². The molecule has 0 amide bonds. The molecule has 0 aliphatic carbocycles. The van der Waals surface area contributed by atoms with E-state index in [9.17, 15) is 4.79 Å². The minimum absolute atomic E-state index is 0.0565. The molecule has 1 unspecified atom stereocenters. The molecule has 0 aromatic heterocycles. The Labute approximate surface area is 80.1 Å². The van der Waals surface area contributed by atoms with Crippen molar-refractivity contribution in [2.45, 2.75) is 45.6 Å². The highest BCUT2D eigenvalue weighted by molar-refractivity contribution is 7.80. The highest BCUT2D eigenvalue weighted by Gasteiger charge is 2.06. The molecule has 0 bridgehead atoms. The van der Waals surface area contributed by atoms with Crippen LogP contribution in [0.3, 0.4) is 0 Å². The summed E-state index contributed by atoms with van der Waals surface area (Å²) in [5, 5.41) is 0. The summed E-state index contributed by atoms with van der Waals surface area (Å²) < 4.78 is 5.07. The van der Waals surface area contributed by atoms with E-state index in [0.717, 1.165) is 25.0 Å². The van der Waals surface area contributed by atoms with E-state index in [-0.39, 0.29) is 12.1 Å². The number of ether oxygens (including phenoxy) is 1. The molecule has 2 nitrogen and oxygen atoms in total. The van der Waals surface area contributed by atoms with Gasteiger partial charge in [-0.15, -0.1) is 0 Å². The van der Waals surface area contributed by atoms with E-state index in [1.54, 1.807) is 0 Å². The van der Waals surface area contributed by atoms with Crippen molar-refractivity contribution in [2.75, 3.05) is 5.75 Å². The zero-order valence-electron chi connectivity index (χ0n) is 7.84. The molecule has 1 radical (unpaired) electrons. The van der Waals surface area contributed by atoms with Crippen LogP contribution in [0.2, 0.25) is 0 Å². The second kappa shape index (κ2) is 7.47. The zero-order chi connectivity index (χ0) is 9.40. The van der Waals surface area contributed by atoms with Crippen molar-refractivity contribution in [3.05, 3.63) is 0 Å². The number of rotatable bonds is 6. The largest absolute Gasteiger partial charge is 0.463 e. The fraction of sp³-hybridized carbons (Fsp3) is 0.889. The smallest absolute Gasteiger partial charge is 0.306 e. The van der Waals surface area contributed by atoms with Crippen molar-refractivity contribution in [3.8, 4) is 0 Å². The third-order valence-electron chi connectivity index (χ3n) is 1.68. The van der Waals surface area contributed by atoms with Crippen LogP contribution in [0.15, 0.2) is 0 Å². The number of hydrogen-bond acceptors (Lipinski definition) is 2. The average Bonchev–Trinajstić information content (AvgIpc) is 2.05. The lowest BCUT2D eigenvalue weighted by Crippen LogP contribution is -2.13. The van der Waals surface area contributed by atoms with Gasteiger partial charge < -0.3 is 4.74 Å². The first-order chi connectivity index (χ1) is 5.70. The fourth-order valence-corrected chi connectivity index (χ4v) is 0.942. The minimum atomic E-state index is -0.0900. The molecule has 0 saturated heterocycles. The maximum absolute atomic E-state index is 11.0. The molecule has 3 heteroatoms. The molecule has 1 atom stereocenters. The highest BCUT2D eigenvalue weighted by atomic mass is 32.1. The standard InChI is InChI=1S/C9H17O2S/c1-3-8(2)11-9(10)6-4-5-7-12/h8H,3-7H2,1-2H3. The van der Waals surface area contributed by atoms with Gasteiger partial charge in [0.15, 0.2) is 0 Å². The van der Waals surface area contributed by atoms with Gasteiger partial charge in [0, 0.05) is 12.2 Å². The van der Waals surface area contributed by atoms with Gasteiger partial charge in [-0.3, -0.25) is 4.79 Å². The molecule has 71 valence electrons. The molecule has 0 aromatic carbocycles. The van der Waals surface area contributed by atoms with E-state index >= 15 is 0 Å². The molecule has 0 aromatic rings. The SMILES string of the molecule is CCC(C)OC(=O)CCCC[S]. The van der Waals surface area contributed by atoms with Crippen molar-refractivity contribution < 1.29 is 9.53 Å². The maximum atomic E-state index is 11.0. The molecule has 0 spiro atoms. The van der Waals surface area contributed by atoms with Crippen LogP contribution in [-0.2, 0) is 9.53 Å². The van der Waals surface area contributed by atoms with E-state index < -0.39 is 0 Å². The Kier molecular flexibility index (Phi) is 7.36. The summed E-state index contributed by atoms with van der Waals surface area (Å²) in [6.07, 6.45) is 3.25. The number of carbonyl (C=O) groups is 1. The van der Waals surface area contributed by atoms with Gasteiger partial charge in [0.1, 0.15) is 0 Å². The van der Waals surface area contributed by atoms with E-state index in [1.165, 1.54) is 0 Å². The first-order valence-corrected chi connectivity index (χ1v) is 5.06. The summed E-state index contributed by atoms with van der Waals surface area (Å²) in [7, 11) is 0. The second-order valence-electron chi connectivity index (χ2n) is 2.87. The van der Waals surface area contributed by atoms with Crippen LogP contribution in [0.4, 0.5) is 0 Å². The van der Waals surface area contributed by atoms with Gasteiger partial charge in [0.25, 0.3) is 0 Å². The molecule has 0 aliphatic heterocycles. The Bertz CT molecular complexity index is 126. The number of unbranched alkanes of at least 4 members (excludes halogenated alkanes) is 1. The predicted octanol–water partition coefficient (Wildman–Crippen LogP) is 2.70. The lowest BCUT2D eigenvalue weighted by molar-refractivity contribution is -0.148. The van der Waals surface area contributed by atoms with Crippen LogP contribution in [0.25, 0.3) is 0 Å². The third kappa shape index (κ3) is 6.53. The molecular weight excluding hydrogens is 172 g/mol. The predicted molar refractivity (Wildman–Crippen MR) is 52.2 cm³/mol. The van der Waals surface area contributed by atoms with Crippen LogP contribution < -0.4 is 0 Å².